The molecule has 19 heavy (non-hydrogen) atoms. The Morgan fingerprint density at radius 1 is 1.37 bits per heavy atom. The van der Waals surface area contributed by atoms with Crippen molar-refractivity contribution in [1.82, 2.24) is 9.97 Å². The van der Waals surface area contributed by atoms with Gasteiger partial charge in [0.2, 0.25) is 0 Å². The molecule has 3 heterocycles. The van der Waals surface area contributed by atoms with Crippen molar-refractivity contribution in [2.45, 2.75) is 0 Å². The average Bonchev–Trinajstić information content (AvgIpc) is 2.90. The SMILES string of the molecule is O=C(O)c1cc2c(-c3ccco3)nccc2[nH]c1=O. The number of furan rings is 1. The molecule has 0 atom stereocenters. The summed E-state index contributed by atoms with van der Waals surface area (Å²) in [5.74, 6) is -0.772. The van der Waals surface area contributed by atoms with Crippen LogP contribution < -0.4 is 5.56 Å². The quantitative estimate of drug-likeness (QED) is 0.729. The molecule has 0 unspecified atom stereocenters. The fourth-order valence-electron chi connectivity index (χ4n) is 1.90. The number of fused-ring (bicyclic) bond motifs is 1. The van der Waals surface area contributed by atoms with Gasteiger partial charge in [0.25, 0.3) is 5.56 Å². The molecule has 6 heteroatoms. The normalized spacial score (nSPS) is 10.7. The second kappa shape index (κ2) is 4.09. The van der Waals surface area contributed by atoms with Gasteiger partial charge >= 0.3 is 5.97 Å². The molecule has 0 saturated heterocycles. The third-order valence-electron chi connectivity index (χ3n) is 2.76. The maximum absolute atomic E-state index is 11.6. The largest absolute Gasteiger partial charge is 0.477 e. The molecule has 0 bridgehead atoms. The molecular formula is C13H8N2O4. The van der Waals surface area contributed by atoms with E-state index in [2.05, 4.69) is 9.97 Å². The fourth-order valence-corrected chi connectivity index (χ4v) is 1.90. The zero-order valence-electron chi connectivity index (χ0n) is 9.58. The number of rotatable bonds is 2. The summed E-state index contributed by atoms with van der Waals surface area (Å²) in [6.45, 7) is 0. The molecule has 0 aliphatic rings. The predicted molar refractivity (Wildman–Crippen MR) is 67.0 cm³/mol. The lowest BCUT2D eigenvalue weighted by atomic mass is 10.1. The van der Waals surface area contributed by atoms with Gasteiger partial charge in [-0.15, -0.1) is 0 Å². The minimum Gasteiger partial charge on any atom is -0.477 e. The Bertz CT molecular complexity index is 818. The molecular weight excluding hydrogens is 248 g/mol. The molecule has 0 spiro atoms. The Kier molecular flexibility index (Phi) is 2.42. The van der Waals surface area contributed by atoms with Crippen LogP contribution in [0.1, 0.15) is 10.4 Å². The molecule has 0 fully saturated rings. The van der Waals surface area contributed by atoms with E-state index in [1.807, 2.05) is 0 Å². The molecule has 0 amide bonds. The lowest BCUT2D eigenvalue weighted by Gasteiger charge is -2.04. The number of carboxylic acid groups (broad SMARTS) is 1. The van der Waals surface area contributed by atoms with Crippen LogP contribution in [0.15, 0.2) is 45.9 Å². The van der Waals surface area contributed by atoms with Crippen LogP contribution in [0.3, 0.4) is 0 Å². The van der Waals surface area contributed by atoms with E-state index in [1.54, 1.807) is 18.2 Å². The second-order valence-electron chi connectivity index (χ2n) is 3.92. The molecule has 3 aromatic rings. The predicted octanol–water partition coefficient (Wildman–Crippen LogP) is 1.88. The van der Waals surface area contributed by atoms with Gasteiger partial charge in [-0.3, -0.25) is 9.78 Å². The van der Waals surface area contributed by atoms with Crippen molar-refractivity contribution >= 4 is 16.9 Å². The van der Waals surface area contributed by atoms with Crippen LogP contribution in [-0.2, 0) is 0 Å². The third kappa shape index (κ3) is 1.79. The topological polar surface area (TPSA) is 96.2 Å². The number of carboxylic acids is 1. The highest BCUT2D eigenvalue weighted by Crippen LogP contribution is 2.25. The van der Waals surface area contributed by atoms with Crippen molar-refractivity contribution in [1.29, 1.82) is 0 Å². The number of hydrogen-bond acceptors (Lipinski definition) is 4. The maximum atomic E-state index is 11.6. The van der Waals surface area contributed by atoms with E-state index in [0.717, 1.165) is 0 Å². The van der Waals surface area contributed by atoms with Crippen LogP contribution in [0.4, 0.5) is 0 Å². The van der Waals surface area contributed by atoms with E-state index in [-0.39, 0.29) is 5.56 Å². The summed E-state index contributed by atoms with van der Waals surface area (Å²) in [5.41, 5.74) is 0.0301. The monoisotopic (exact) mass is 256 g/mol. The van der Waals surface area contributed by atoms with E-state index >= 15 is 0 Å². The van der Waals surface area contributed by atoms with Gasteiger partial charge in [-0.25, -0.2) is 4.79 Å². The first-order valence-electron chi connectivity index (χ1n) is 5.46. The molecule has 6 nitrogen and oxygen atoms in total. The van der Waals surface area contributed by atoms with E-state index in [4.69, 9.17) is 9.52 Å². The number of aromatic nitrogens is 2. The summed E-state index contributed by atoms with van der Waals surface area (Å²) in [5, 5.41) is 9.51. The molecule has 0 aromatic carbocycles. The van der Waals surface area contributed by atoms with Crippen molar-refractivity contribution in [3.05, 3.63) is 52.6 Å². The van der Waals surface area contributed by atoms with Gasteiger partial charge in [-0.05, 0) is 24.3 Å². The second-order valence-corrected chi connectivity index (χ2v) is 3.92. The molecule has 3 rings (SSSR count). The van der Waals surface area contributed by atoms with Gasteiger partial charge in [0.05, 0.1) is 11.8 Å². The minimum atomic E-state index is -1.28. The van der Waals surface area contributed by atoms with E-state index in [0.29, 0.717) is 22.4 Å². The molecule has 0 radical (unpaired) electrons. The van der Waals surface area contributed by atoms with Gasteiger partial charge < -0.3 is 14.5 Å². The average molecular weight is 256 g/mol. The third-order valence-corrected chi connectivity index (χ3v) is 2.76. The van der Waals surface area contributed by atoms with Crippen molar-refractivity contribution in [3.63, 3.8) is 0 Å². The smallest absolute Gasteiger partial charge is 0.341 e. The summed E-state index contributed by atoms with van der Waals surface area (Å²) >= 11 is 0. The zero-order chi connectivity index (χ0) is 13.4. The lowest BCUT2D eigenvalue weighted by molar-refractivity contribution is 0.0695. The van der Waals surface area contributed by atoms with Crippen molar-refractivity contribution in [2.75, 3.05) is 0 Å². The van der Waals surface area contributed by atoms with Gasteiger partial charge in [0.15, 0.2) is 5.76 Å². The molecule has 3 aromatic heterocycles. The standard InChI is InChI=1S/C13H8N2O4/c16-12-8(13(17)18)6-7-9(15-12)3-4-14-11(7)10-2-1-5-19-10/h1-6H,(H,15,16)(H,17,18). The molecule has 0 aliphatic carbocycles. The number of pyridine rings is 2. The number of nitrogens with one attached hydrogen (secondary N) is 1. The zero-order valence-corrected chi connectivity index (χ0v) is 9.58. The molecule has 0 aliphatic heterocycles. The number of nitrogens with zero attached hydrogens (tertiary/aromatic N) is 1. The highest BCUT2D eigenvalue weighted by atomic mass is 16.4. The van der Waals surface area contributed by atoms with Crippen LogP contribution in [0, 0.1) is 0 Å². The van der Waals surface area contributed by atoms with Crippen LogP contribution in [0.25, 0.3) is 22.4 Å². The van der Waals surface area contributed by atoms with Crippen LogP contribution in [0.5, 0.6) is 0 Å². The molecule has 0 saturated carbocycles. The van der Waals surface area contributed by atoms with Gasteiger partial charge in [0.1, 0.15) is 11.3 Å². The van der Waals surface area contributed by atoms with Crippen molar-refractivity contribution in [2.24, 2.45) is 0 Å². The Balaban J connectivity index is 2.39. The van der Waals surface area contributed by atoms with Crippen LogP contribution in [0.2, 0.25) is 0 Å². The summed E-state index contributed by atoms with van der Waals surface area (Å²) in [6, 6.07) is 6.34. The Labute approximate surface area is 106 Å². The summed E-state index contributed by atoms with van der Waals surface area (Å²) in [4.78, 5) is 29.3. The summed E-state index contributed by atoms with van der Waals surface area (Å²) in [7, 11) is 0. The van der Waals surface area contributed by atoms with E-state index < -0.39 is 11.5 Å². The number of carbonyl (C=O) groups is 1. The van der Waals surface area contributed by atoms with Crippen LogP contribution in [-0.4, -0.2) is 21.0 Å². The van der Waals surface area contributed by atoms with Gasteiger partial charge in [-0.2, -0.15) is 0 Å². The van der Waals surface area contributed by atoms with Crippen molar-refractivity contribution < 1.29 is 14.3 Å². The summed E-state index contributed by atoms with van der Waals surface area (Å²) < 4.78 is 5.26. The first-order valence-corrected chi connectivity index (χ1v) is 5.46. The number of H-pyrrole nitrogens is 1. The number of aromatic carboxylic acids is 1. The van der Waals surface area contributed by atoms with Gasteiger partial charge in [-0.1, -0.05) is 0 Å². The first kappa shape index (κ1) is 11.2. The Morgan fingerprint density at radius 3 is 2.89 bits per heavy atom. The summed E-state index contributed by atoms with van der Waals surface area (Å²) in [6.07, 6.45) is 3.02. The van der Waals surface area contributed by atoms with Gasteiger partial charge in [0, 0.05) is 11.6 Å². The minimum absolute atomic E-state index is 0.326. The van der Waals surface area contributed by atoms with Crippen molar-refractivity contribution in [3.8, 4) is 11.5 Å². The molecule has 94 valence electrons. The highest BCUT2D eigenvalue weighted by molar-refractivity contribution is 5.97. The Morgan fingerprint density at radius 2 is 2.21 bits per heavy atom. The number of aromatic amines is 1. The van der Waals surface area contributed by atoms with Crippen LogP contribution >= 0.6 is 0 Å². The van der Waals surface area contributed by atoms with E-state index in [9.17, 15) is 9.59 Å². The Hall–Kier alpha value is -2.89. The highest BCUT2D eigenvalue weighted by Gasteiger charge is 2.14. The lowest BCUT2D eigenvalue weighted by Crippen LogP contribution is -2.17. The molecule has 2 N–H and O–H groups in total. The number of hydrogen-bond donors (Lipinski definition) is 2. The first-order chi connectivity index (χ1) is 9.16. The van der Waals surface area contributed by atoms with E-state index in [1.165, 1.54) is 18.5 Å². The maximum Gasteiger partial charge on any atom is 0.341 e. The fraction of sp³-hybridized carbons (Fsp3) is 0.